The van der Waals surface area contributed by atoms with E-state index in [4.69, 9.17) is 11.6 Å². The van der Waals surface area contributed by atoms with Crippen molar-refractivity contribution in [2.45, 2.75) is 13.1 Å². The molecule has 2 aromatic heterocycles. The molecule has 2 heterocycles. The van der Waals surface area contributed by atoms with E-state index in [1.54, 1.807) is 22.3 Å². The molecule has 2 rings (SSSR count). The van der Waals surface area contributed by atoms with Crippen LogP contribution in [0.3, 0.4) is 0 Å². The second-order valence-electron chi connectivity index (χ2n) is 3.17. The zero-order valence-corrected chi connectivity index (χ0v) is 9.85. The van der Waals surface area contributed by atoms with Gasteiger partial charge in [-0.05, 0) is 6.07 Å². The lowest BCUT2D eigenvalue weighted by Crippen LogP contribution is -2.13. The summed E-state index contributed by atoms with van der Waals surface area (Å²) in [4.78, 5) is 5.34. The van der Waals surface area contributed by atoms with Crippen molar-refractivity contribution in [2.24, 2.45) is 7.05 Å². The molecule has 15 heavy (non-hydrogen) atoms. The smallest absolute Gasteiger partial charge is 0.164 e. The number of hydrogen-bond donors (Lipinski definition) is 1. The van der Waals surface area contributed by atoms with Crippen LogP contribution in [0, 0.1) is 0 Å². The highest BCUT2D eigenvalue weighted by molar-refractivity contribution is 7.10. The van der Waals surface area contributed by atoms with Gasteiger partial charge in [0.05, 0.1) is 11.6 Å². The molecule has 2 aromatic rings. The van der Waals surface area contributed by atoms with Crippen LogP contribution >= 0.6 is 22.9 Å². The van der Waals surface area contributed by atoms with Crippen molar-refractivity contribution in [3.05, 3.63) is 33.5 Å². The largest absolute Gasteiger partial charge is 0.305 e. The molecular weight excluding hydrogens is 232 g/mol. The molecule has 0 saturated carbocycles. The SMILES string of the molecule is Cn1cnc(CNCc2cc(Cl)cs2)n1. The van der Waals surface area contributed by atoms with Crippen molar-refractivity contribution < 1.29 is 0 Å². The molecule has 0 amide bonds. The van der Waals surface area contributed by atoms with Crippen LogP contribution in [0.2, 0.25) is 5.02 Å². The van der Waals surface area contributed by atoms with E-state index >= 15 is 0 Å². The van der Waals surface area contributed by atoms with Crippen molar-refractivity contribution in [3.63, 3.8) is 0 Å². The van der Waals surface area contributed by atoms with E-state index in [-0.39, 0.29) is 0 Å². The van der Waals surface area contributed by atoms with E-state index in [1.807, 2.05) is 18.5 Å². The third kappa shape index (κ3) is 3.02. The quantitative estimate of drug-likeness (QED) is 0.890. The first-order valence-corrected chi connectivity index (χ1v) is 5.78. The fourth-order valence-electron chi connectivity index (χ4n) is 1.21. The zero-order chi connectivity index (χ0) is 10.7. The molecule has 0 fully saturated rings. The Hall–Kier alpha value is -0.910. The number of rotatable bonds is 4. The maximum absolute atomic E-state index is 5.81. The molecule has 6 heteroatoms. The minimum atomic E-state index is 0.677. The first kappa shape index (κ1) is 10.6. The lowest BCUT2D eigenvalue weighted by molar-refractivity contribution is 0.654. The van der Waals surface area contributed by atoms with Gasteiger partial charge >= 0.3 is 0 Å². The van der Waals surface area contributed by atoms with Crippen LogP contribution in [0.5, 0.6) is 0 Å². The first-order chi connectivity index (χ1) is 7.24. The van der Waals surface area contributed by atoms with Crippen molar-refractivity contribution in [3.8, 4) is 0 Å². The number of nitrogens with one attached hydrogen (secondary N) is 1. The summed E-state index contributed by atoms with van der Waals surface area (Å²) in [7, 11) is 1.86. The topological polar surface area (TPSA) is 42.7 Å². The second-order valence-corrected chi connectivity index (χ2v) is 4.60. The second kappa shape index (κ2) is 4.74. The molecule has 0 aliphatic carbocycles. The van der Waals surface area contributed by atoms with Crippen molar-refractivity contribution in [1.82, 2.24) is 20.1 Å². The summed E-state index contributed by atoms with van der Waals surface area (Å²) in [6, 6.07) is 1.96. The summed E-state index contributed by atoms with van der Waals surface area (Å²) in [6.07, 6.45) is 1.69. The highest BCUT2D eigenvalue weighted by Gasteiger charge is 2.00. The molecule has 0 atom stereocenters. The van der Waals surface area contributed by atoms with E-state index in [0.717, 1.165) is 17.4 Å². The molecule has 80 valence electrons. The van der Waals surface area contributed by atoms with Crippen molar-refractivity contribution in [2.75, 3.05) is 0 Å². The lowest BCUT2D eigenvalue weighted by Gasteiger charge is -1.98. The molecule has 1 N–H and O–H groups in total. The number of halogens is 1. The van der Waals surface area contributed by atoms with Gasteiger partial charge in [-0.15, -0.1) is 11.3 Å². The van der Waals surface area contributed by atoms with Gasteiger partial charge in [-0.3, -0.25) is 4.68 Å². The Morgan fingerprint density at radius 2 is 2.40 bits per heavy atom. The highest BCUT2D eigenvalue weighted by Crippen LogP contribution is 2.18. The van der Waals surface area contributed by atoms with Gasteiger partial charge < -0.3 is 5.32 Å². The summed E-state index contributed by atoms with van der Waals surface area (Å²) in [6.45, 7) is 1.48. The maximum Gasteiger partial charge on any atom is 0.164 e. The van der Waals surface area contributed by atoms with Crippen molar-refractivity contribution in [1.29, 1.82) is 0 Å². The fraction of sp³-hybridized carbons (Fsp3) is 0.333. The molecule has 0 bridgehead atoms. The fourth-order valence-corrected chi connectivity index (χ4v) is 2.25. The molecule has 0 radical (unpaired) electrons. The Labute approximate surface area is 96.9 Å². The summed E-state index contributed by atoms with van der Waals surface area (Å²) >= 11 is 7.46. The minimum Gasteiger partial charge on any atom is -0.305 e. The number of thiophene rings is 1. The predicted octanol–water partition coefficient (Wildman–Crippen LogP) is 1.82. The van der Waals surface area contributed by atoms with E-state index in [2.05, 4.69) is 15.4 Å². The minimum absolute atomic E-state index is 0.677. The van der Waals surface area contributed by atoms with Crippen LogP contribution in [-0.4, -0.2) is 14.8 Å². The molecule has 0 unspecified atom stereocenters. The van der Waals surface area contributed by atoms with Gasteiger partial charge in [0.25, 0.3) is 0 Å². The number of aryl methyl sites for hydroxylation is 1. The Bertz CT molecular complexity index is 397. The van der Waals surface area contributed by atoms with Crippen LogP contribution in [0.4, 0.5) is 0 Å². The molecule has 0 saturated heterocycles. The normalized spacial score (nSPS) is 10.8. The van der Waals surface area contributed by atoms with Crippen LogP contribution < -0.4 is 5.32 Å². The van der Waals surface area contributed by atoms with Gasteiger partial charge in [0.15, 0.2) is 5.82 Å². The summed E-state index contributed by atoms with van der Waals surface area (Å²) < 4.78 is 1.69. The Morgan fingerprint density at radius 1 is 1.53 bits per heavy atom. The van der Waals surface area contributed by atoms with Gasteiger partial charge in [0.1, 0.15) is 6.33 Å². The number of aromatic nitrogens is 3. The zero-order valence-electron chi connectivity index (χ0n) is 8.27. The summed E-state index contributed by atoms with van der Waals surface area (Å²) in [5.74, 6) is 0.806. The van der Waals surface area contributed by atoms with Crippen LogP contribution in [0.1, 0.15) is 10.7 Å². The Kier molecular flexibility index (Phi) is 3.35. The lowest BCUT2D eigenvalue weighted by atomic mass is 10.4. The number of nitrogens with zero attached hydrogens (tertiary/aromatic N) is 3. The first-order valence-electron chi connectivity index (χ1n) is 4.52. The van der Waals surface area contributed by atoms with E-state index in [1.165, 1.54) is 4.88 Å². The Morgan fingerprint density at radius 3 is 3.00 bits per heavy atom. The van der Waals surface area contributed by atoms with E-state index in [9.17, 15) is 0 Å². The average Bonchev–Trinajstić information content (AvgIpc) is 2.76. The van der Waals surface area contributed by atoms with Gasteiger partial charge in [-0.25, -0.2) is 4.98 Å². The third-order valence-electron chi connectivity index (χ3n) is 1.85. The van der Waals surface area contributed by atoms with Crippen molar-refractivity contribution >= 4 is 22.9 Å². The maximum atomic E-state index is 5.81. The van der Waals surface area contributed by atoms with Crippen LogP contribution in [0.25, 0.3) is 0 Å². The third-order valence-corrected chi connectivity index (χ3v) is 3.14. The standard InChI is InChI=1S/C9H11ClN4S/c1-14-6-12-9(13-14)4-11-3-8-2-7(10)5-15-8/h2,5-6,11H,3-4H2,1H3. The monoisotopic (exact) mass is 242 g/mol. The van der Waals surface area contributed by atoms with E-state index in [0.29, 0.717) is 6.54 Å². The Balaban J connectivity index is 1.80. The van der Waals surface area contributed by atoms with Gasteiger partial charge in [-0.2, -0.15) is 5.10 Å². The average molecular weight is 243 g/mol. The highest BCUT2D eigenvalue weighted by atomic mass is 35.5. The van der Waals surface area contributed by atoms with Crippen LogP contribution in [-0.2, 0) is 20.1 Å². The molecular formula is C9H11ClN4S. The molecule has 4 nitrogen and oxygen atoms in total. The summed E-state index contributed by atoms with van der Waals surface area (Å²) in [5, 5.41) is 10.2. The number of hydrogen-bond acceptors (Lipinski definition) is 4. The van der Waals surface area contributed by atoms with Gasteiger partial charge in [0.2, 0.25) is 0 Å². The molecule has 0 spiro atoms. The molecule has 0 aliphatic heterocycles. The predicted molar refractivity (Wildman–Crippen MR) is 60.9 cm³/mol. The van der Waals surface area contributed by atoms with Gasteiger partial charge in [-0.1, -0.05) is 11.6 Å². The van der Waals surface area contributed by atoms with E-state index < -0.39 is 0 Å². The summed E-state index contributed by atoms with van der Waals surface area (Å²) in [5.41, 5.74) is 0. The van der Waals surface area contributed by atoms with Crippen LogP contribution in [0.15, 0.2) is 17.8 Å². The van der Waals surface area contributed by atoms with Gasteiger partial charge in [0, 0.05) is 23.8 Å². The molecule has 0 aromatic carbocycles. The molecule has 0 aliphatic rings.